The van der Waals surface area contributed by atoms with Crippen LogP contribution < -0.4 is 0 Å². The molecular weight excluding hydrogens is 472 g/mol. The summed E-state index contributed by atoms with van der Waals surface area (Å²) in [7, 11) is 2.13. The molecule has 0 amide bonds. The van der Waals surface area contributed by atoms with E-state index in [-0.39, 0.29) is 6.47 Å². The van der Waals surface area contributed by atoms with Crippen LogP contribution in [0.2, 0.25) is 0 Å². The molecule has 1 saturated carbocycles. The molecule has 3 aliphatic rings. The van der Waals surface area contributed by atoms with E-state index in [1.165, 1.54) is 63.7 Å². The van der Waals surface area contributed by atoms with Crippen molar-refractivity contribution in [1.82, 2.24) is 9.80 Å². The number of nitrogens with zero attached hydrogens (tertiary/aromatic N) is 2. The first-order chi connectivity index (χ1) is 18.5. The zero-order valence-electron chi connectivity index (χ0n) is 23.5. The van der Waals surface area contributed by atoms with Gasteiger partial charge in [0, 0.05) is 26.2 Å². The van der Waals surface area contributed by atoms with Crippen molar-refractivity contribution in [2.24, 2.45) is 5.92 Å². The summed E-state index contributed by atoms with van der Waals surface area (Å²) in [6, 6.07) is 21.6. The fourth-order valence-electron chi connectivity index (χ4n) is 6.28. The van der Waals surface area contributed by atoms with Crippen molar-refractivity contribution in [3.63, 3.8) is 0 Å². The highest BCUT2D eigenvalue weighted by molar-refractivity contribution is 5.32. The number of likely N-dealkylation sites (tertiary alicyclic amines) is 2. The Labute approximate surface area is 230 Å². The van der Waals surface area contributed by atoms with Gasteiger partial charge in [-0.25, -0.2) is 0 Å². The van der Waals surface area contributed by atoms with Crippen LogP contribution in [-0.2, 0) is 11.2 Å². The van der Waals surface area contributed by atoms with E-state index in [2.05, 4.69) is 71.4 Å². The van der Waals surface area contributed by atoms with Crippen molar-refractivity contribution in [2.75, 3.05) is 39.8 Å². The minimum absolute atomic E-state index is 0.250. The van der Waals surface area contributed by atoms with Crippen molar-refractivity contribution in [3.8, 4) is 0 Å². The summed E-state index contributed by atoms with van der Waals surface area (Å²) in [6.07, 6.45) is 13.7. The van der Waals surface area contributed by atoms with E-state index in [9.17, 15) is 5.11 Å². The Bertz CT molecular complexity index is 878. The number of hydrogen-bond donors (Lipinski definition) is 2. The van der Waals surface area contributed by atoms with Gasteiger partial charge in [-0.2, -0.15) is 0 Å². The van der Waals surface area contributed by atoms with Gasteiger partial charge < -0.3 is 20.0 Å². The molecule has 2 heterocycles. The summed E-state index contributed by atoms with van der Waals surface area (Å²) in [6.45, 7) is 5.78. The molecule has 0 unspecified atom stereocenters. The SMILES string of the molecule is CN1CCC(O)(CCCc2ccccc2)CC1.O=CO.c1ccc([C@@H]2CCN(CC3CCCCC3)C2)cc1. The van der Waals surface area contributed by atoms with Crippen LogP contribution in [0.25, 0.3) is 0 Å². The van der Waals surface area contributed by atoms with Crippen molar-refractivity contribution < 1.29 is 15.0 Å². The lowest BCUT2D eigenvalue weighted by atomic mass is 9.86. The summed E-state index contributed by atoms with van der Waals surface area (Å²) in [5.74, 6) is 1.78. The maximum Gasteiger partial charge on any atom is 0.290 e. The van der Waals surface area contributed by atoms with E-state index in [0.29, 0.717) is 0 Å². The van der Waals surface area contributed by atoms with Gasteiger partial charge in [0.15, 0.2) is 0 Å². The number of hydrogen-bond acceptors (Lipinski definition) is 4. The van der Waals surface area contributed by atoms with E-state index in [1.807, 2.05) is 6.07 Å². The quantitative estimate of drug-likeness (QED) is 0.423. The summed E-state index contributed by atoms with van der Waals surface area (Å²) in [5, 5.41) is 17.3. The van der Waals surface area contributed by atoms with Crippen LogP contribution in [0, 0.1) is 5.92 Å². The summed E-state index contributed by atoms with van der Waals surface area (Å²) < 4.78 is 0. The number of aliphatic hydroxyl groups is 1. The Morgan fingerprint density at radius 3 is 2.13 bits per heavy atom. The molecule has 0 spiro atoms. The van der Waals surface area contributed by atoms with Crippen molar-refractivity contribution in [3.05, 3.63) is 71.8 Å². The molecule has 1 aliphatic carbocycles. The Morgan fingerprint density at radius 1 is 0.895 bits per heavy atom. The summed E-state index contributed by atoms with van der Waals surface area (Å²) >= 11 is 0. The van der Waals surface area contributed by atoms with E-state index < -0.39 is 5.60 Å². The van der Waals surface area contributed by atoms with Gasteiger partial charge in [-0.15, -0.1) is 0 Å². The monoisotopic (exact) mass is 522 g/mol. The van der Waals surface area contributed by atoms with Crippen molar-refractivity contribution in [2.45, 2.75) is 82.1 Å². The Hall–Kier alpha value is -2.21. The van der Waals surface area contributed by atoms with Crippen LogP contribution in [0.4, 0.5) is 0 Å². The molecular formula is C33H50N2O3. The molecule has 38 heavy (non-hydrogen) atoms. The minimum Gasteiger partial charge on any atom is -0.483 e. The maximum atomic E-state index is 10.4. The second-order valence-electron chi connectivity index (χ2n) is 11.6. The Balaban J connectivity index is 0.000000191. The number of aryl methyl sites for hydroxylation is 1. The summed E-state index contributed by atoms with van der Waals surface area (Å²) in [4.78, 5) is 13.4. The normalized spacial score (nSPS) is 22.0. The average Bonchev–Trinajstić information content (AvgIpc) is 3.42. The molecule has 5 nitrogen and oxygen atoms in total. The second-order valence-corrected chi connectivity index (χ2v) is 11.6. The largest absolute Gasteiger partial charge is 0.483 e. The van der Waals surface area contributed by atoms with Crippen molar-refractivity contribution in [1.29, 1.82) is 0 Å². The predicted octanol–water partition coefficient (Wildman–Crippen LogP) is 6.22. The van der Waals surface area contributed by atoms with E-state index in [4.69, 9.17) is 9.90 Å². The molecule has 2 aromatic rings. The molecule has 2 aliphatic heterocycles. The molecule has 2 aromatic carbocycles. The van der Waals surface area contributed by atoms with Gasteiger partial charge in [0.05, 0.1) is 5.60 Å². The fraction of sp³-hybridized carbons (Fsp3) is 0.606. The summed E-state index contributed by atoms with van der Waals surface area (Å²) in [5.41, 5.74) is 2.52. The molecule has 0 radical (unpaired) electrons. The number of benzene rings is 2. The lowest BCUT2D eigenvalue weighted by molar-refractivity contribution is -0.122. The van der Waals surface area contributed by atoms with Crippen LogP contribution in [0.5, 0.6) is 0 Å². The van der Waals surface area contributed by atoms with Gasteiger partial charge in [0.25, 0.3) is 6.47 Å². The van der Waals surface area contributed by atoms with E-state index in [1.54, 1.807) is 5.56 Å². The van der Waals surface area contributed by atoms with Gasteiger partial charge in [-0.05, 0) is 87.9 Å². The second kappa shape index (κ2) is 16.7. The standard InChI is InChI=1S/C17H25N.C15H23NO.CH2O2/c1-3-7-15(8-4-1)13-18-12-11-17(14-18)16-9-5-2-6-10-16;1-16-12-10-15(17,11-13-16)9-5-8-14-6-3-2-4-7-14;2-1-3/h2,5-6,9-10,15,17H,1,3-4,7-8,11-14H2;2-4,6-7,17H,5,8-13H2,1H3;1H,(H,2,3)/t17-;;/m1../s1. The maximum absolute atomic E-state index is 10.4. The van der Waals surface area contributed by atoms with Gasteiger partial charge >= 0.3 is 0 Å². The van der Waals surface area contributed by atoms with Gasteiger partial charge in [0.1, 0.15) is 0 Å². The first kappa shape index (κ1) is 30.3. The van der Waals surface area contributed by atoms with Gasteiger partial charge in [-0.1, -0.05) is 79.9 Å². The van der Waals surface area contributed by atoms with Gasteiger partial charge in [-0.3, -0.25) is 4.79 Å². The third kappa shape index (κ3) is 10.9. The fourth-order valence-corrected chi connectivity index (χ4v) is 6.28. The Morgan fingerprint density at radius 2 is 1.50 bits per heavy atom. The number of carboxylic acid groups (broad SMARTS) is 1. The molecule has 210 valence electrons. The highest BCUT2D eigenvalue weighted by Crippen LogP contribution is 2.30. The van der Waals surface area contributed by atoms with E-state index >= 15 is 0 Å². The molecule has 5 heteroatoms. The first-order valence-corrected chi connectivity index (χ1v) is 14.8. The lowest BCUT2D eigenvalue weighted by Gasteiger charge is -2.36. The molecule has 3 fully saturated rings. The van der Waals surface area contributed by atoms with Crippen LogP contribution >= 0.6 is 0 Å². The zero-order valence-corrected chi connectivity index (χ0v) is 23.5. The molecule has 2 saturated heterocycles. The number of carbonyl (C=O) groups is 1. The van der Waals surface area contributed by atoms with Crippen LogP contribution in [0.15, 0.2) is 60.7 Å². The Kier molecular flexibility index (Phi) is 13.3. The average molecular weight is 523 g/mol. The molecule has 2 N–H and O–H groups in total. The van der Waals surface area contributed by atoms with Crippen LogP contribution in [0.1, 0.15) is 81.3 Å². The molecule has 0 aromatic heterocycles. The highest BCUT2D eigenvalue weighted by atomic mass is 16.3. The third-order valence-electron chi connectivity index (χ3n) is 8.65. The minimum atomic E-state index is -0.401. The lowest BCUT2D eigenvalue weighted by Crippen LogP contribution is -2.42. The molecule has 1 atom stereocenters. The topological polar surface area (TPSA) is 64.0 Å². The van der Waals surface area contributed by atoms with Gasteiger partial charge in [0.2, 0.25) is 0 Å². The van der Waals surface area contributed by atoms with Crippen LogP contribution in [0.3, 0.4) is 0 Å². The predicted molar refractivity (Wildman–Crippen MR) is 157 cm³/mol. The third-order valence-corrected chi connectivity index (χ3v) is 8.65. The van der Waals surface area contributed by atoms with Crippen LogP contribution in [-0.4, -0.2) is 71.9 Å². The molecule has 5 rings (SSSR count). The highest BCUT2D eigenvalue weighted by Gasteiger charge is 2.30. The smallest absolute Gasteiger partial charge is 0.290 e. The first-order valence-electron chi connectivity index (χ1n) is 14.8. The zero-order chi connectivity index (χ0) is 27.1. The van der Waals surface area contributed by atoms with Crippen molar-refractivity contribution >= 4 is 6.47 Å². The number of piperidine rings is 1. The van der Waals surface area contributed by atoms with E-state index in [0.717, 1.165) is 57.0 Å². The number of rotatable bonds is 7. The molecule has 0 bridgehead atoms.